The molecule has 0 aliphatic heterocycles. The average Bonchev–Trinajstić information content (AvgIpc) is 2.94. The van der Waals surface area contributed by atoms with E-state index in [0.717, 1.165) is 0 Å². The first-order valence-corrected chi connectivity index (χ1v) is 6.55. The minimum atomic E-state index is -0.447. The molecule has 0 radical (unpaired) electrons. The van der Waals surface area contributed by atoms with E-state index in [1.54, 1.807) is 20.0 Å². The maximum atomic E-state index is 12.1. The molecule has 0 atom stereocenters. The third kappa shape index (κ3) is 2.60. The predicted octanol–water partition coefficient (Wildman–Crippen LogP) is 1.70. The van der Waals surface area contributed by atoms with Crippen molar-refractivity contribution in [3.05, 3.63) is 34.0 Å². The van der Waals surface area contributed by atoms with Crippen molar-refractivity contribution < 1.29 is 14.0 Å². The third-order valence-electron chi connectivity index (χ3n) is 2.70. The molecule has 0 aliphatic carbocycles. The highest BCUT2D eigenvalue weighted by Crippen LogP contribution is 2.21. The number of furan rings is 1. The number of nitrogens with zero attached hydrogens (tertiary/aromatic N) is 2. The van der Waals surface area contributed by atoms with Gasteiger partial charge in [-0.05, 0) is 35.0 Å². The number of carbonyl (C=O) groups is 2. The molecule has 7 nitrogen and oxygen atoms in total. The molecule has 8 heteroatoms. The molecule has 2 amide bonds. The monoisotopic (exact) mass is 340 g/mol. The van der Waals surface area contributed by atoms with Crippen molar-refractivity contribution in [1.82, 2.24) is 15.1 Å². The molecule has 0 saturated carbocycles. The first-order chi connectivity index (χ1) is 9.43. The number of amides is 2. The summed E-state index contributed by atoms with van der Waals surface area (Å²) < 4.78 is 7.04. The number of anilines is 1. The molecule has 0 bridgehead atoms. The maximum Gasteiger partial charge on any atom is 0.291 e. The Morgan fingerprint density at radius 3 is 2.60 bits per heavy atom. The fraction of sp³-hybridized carbons (Fsp3) is 0.250. The van der Waals surface area contributed by atoms with Gasteiger partial charge in [0.1, 0.15) is 5.69 Å². The lowest BCUT2D eigenvalue weighted by Gasteiger charge is -2.06. The molecule has 2 aromatic rings. The van der Waals surface area contributed by atoms with Crippen LogP contribution in [0.5, 0.6) is 0 Å². The second-order valence-corrected chi connectivity index (χ2v) is 4.85. The molecule has 0 spiro atoms. The quantitative estimate of drug-likeness (QED) is 0.889. The van der Waals surface area contributed by atoms with Gasteiger partial charge in [0.25, 0.3) is 11.8 Å². The number of hydrogen-bond acceptors (Lipinski definition) is 4. The Labute approximate surface area is 123 Å². The summed E-state index contributed by atoms with van der Waals surface area (Å²) in [4.78, 5) is 23.9. The van der Waals surface area contributed by atoms with Crippen molar-refractivity contribution in [3.63, 3.8) is 0 Å². The standard InChI is InChI=1S/C12H13BrN4O3/c1-6-9(10(12(19)14-2)17(3)16-6)15-11(18)7-4-5-8(13)20-7/h4-5H,1-3H3,(H,14,19)(H,15,18). The maximum absolute atomic E-state index is 12.1. The van der Waals surface area contributed by atoms with E-state index < -0.39 is 5.91 Å². The van der Waals surface area contributed by atoms with E-state index in [-0.39, 0.29) is 17.4 Å². The fourth-order valence-electron chi connectivity index (χ4n) is 1.80. The Bertz CT molecular complexity index is 674. The Kier molecular flexibility index (Phi) is 3.93. The highest BCUT2D eigenvalue weighted by Gasteiger charge is 2.22. The van der Waals surface area contributed by atoms with Crippen molar-refractivity contribution in [2.45, 2.75) is 6.92 Å². The van der Waals surface area contributed by atoms with Crippen molar-refractivity contribution in [3.8, 4) is 0 Å². The van der Waals surface area contributed by atoms with E-state index in [9.17, 15) is 9.59 Å². The lowest BCUT2D eigenvalue weighted by Crippen LogP contribution is -2.23. The smallest absolute Gasteiger partial charge is 0.291 e. The topological polar surface area (TPSA) is 89.2 Å². The Balaban J connectivity index is 2.34. The number of halogens is 1. The van der Waals surface area contributed by atoms with Gasteiger partial charge in [0.15, 0.2) is 10.4 Å². The molecule has 2 heterocycles. The largest absolute Gasteiger partial charge is 0.444 e. The van der Waals surface area contributed by atoms with Crippen LogP contribution in [0.2, 0.25) is 0 Å². The van der Waals surface area contributed by atoms with Crippen LogP contribution in [-0.4, -0.2) is 28.6 Å². The van der Waals surface area contributed by atoms with Crippen molar-refractivity contribution in [1.29, 1.82) is 0 Å². The first-order valence-electron chi connectivity index (χ1n) is 5.76. The summed E-state index contributed by atoms with van der Waals surface area (Å²) >= 11 is 3.13. The number of carbonyl (C=O) groups excluding carboxylic acids is 2. The zero-order valence-electron chi connectivity index (χ0n) is 11.2. The molecule has 2 aromatic heterocycles. The van der Waals surface area contributed by atoms with Crippen molar-refractivity contribution >= 4 is 33.4 Å². The van der Waals surface area contributed by atoms with Crippen LogP contribution in [0.15, 0.2) is 21.2 Å². The molecular formula is C12H13BrN4O3. The molecule has 0 fully saturated rings. The van der Waals surface area contributed by atoms with Gasteiger partial charge in [-0.15, -0.1) is 0 Å². The summed E-state index contributed by atoms with van der Waals surface area (Å²) in [6, 6.07) is 3.15. The number of aryl methyl sites for hydroxylation is 2. The average molecular weight is 341 g/mol. The highest BCUT2D eigenvalue weighted by molar-refractivity contribution is 9.10. The third-order valence-corrected chi connectivity index (χ3v) is 3.13. The van der Waals surface area contributed by atoms with Gasteiger partial charge in [-0.3, -0.25) is 14.3 Å². The second-order valence-electron chi connectivity index (χ2n) is 4.07. The van der Waals surface area contributed by atoms with Gasteiger partial charge >= 0.3 is 0 Å². The van der Waals surface area contributed by atoms with Crippen molar-refractivity contribution in [2.75, 3.05) is 12.4 Å². The normalized spacial score (nSPS) is 10.4. The molecule has 0 aliphatic rings. The number of rotatable bonds is 3. The van der Waals surface area contributed by atoms with Gasteiger partial charge in [-0.2, -0.15) is 5.10 Å². The van der Waals surface area contributed by atoms with Gasteiger partial charge in [0.2, 0.25) is 0 Å². The molecule has 2 N–H and O–H groups in total. The van der Waals surface area contributed by atoms with Crippen LogP contribution in [0.3, 0.4) is 0 Å². The van der Waals surface area contributed by atoms with Crippen LogP contribution in [0.1, 0.15) is 26.7 Å². The van der Waals surface area contributed by atoms with Crippen LogP contribution in [-0.2, 0) is 7.05 Å². The number of aromatic nitrogens is 2. The van der Waals surface area contributed by atoms with Crippen LogP contribution < -0.4 is 10.6 Å². The summed E-state index contributed by atoms with van der Waals surface area (Å²) in [5.74, 6) is -0.635. The highest BCUT2D eigenvalue weighted by atomic mass is 79.9. The van der Waals surface area contributed by atoms with Crippen LogP contribution in [0, 0.1) is 6.92 Å². The Hall–Kier alpha value is -2.09. The van der Waals surface area contributed by atoms with Gasteiger partial charge in [0, 0.05) is 14.1 Å². The summed E-state index contributed by atoms with van der Waals surface area (Å²) in [5, 5.41) is 9.29. The Morgan fingerprint density at radius 1 is 1.35 bits per heavy atom. The number of nitrogens with one attached hydrogen (secondary N) is 2. The van der Waals surface area contributed by atoms with E-state index in [1.165, 1.54) is 17.8 Å². The molecule has 106 valence electrons. The zero-order valence-corrected chi connectivity index (χ0v) is 12.7. The second kappa shape index (κ2) is 5.49. The van der Waals surface area contributed by atoms with E-state index >= 15 is 0 Å². The molecule has 0 saturated heterocycles. The minimum absolute atomic E-state index is 0.142. The molecule has 0 unspecified atom stereocenters. The minimum Gasteiger partial charge on any atom is -0.444 e. The summed E-state index contributed by atoms with van der Waals surface area (Å²) in [5.41, 5.74) is 1.19. The van der Waals surface area contributed by atoms with Crippen molar-refractivity contribution in [2.24, 2.45) is 7.05 Å². The summed E-state index contributed by atoms with van der Waals surface area (Å²) in [6.07, 6.45) is 0. The number of hydrogen-bond donors (Lipinski definition) is 2. The molecule has 0 aromatic carbocycles. The summed E-state index contributed by atoms with van der Waals surface area (Å²) in [7, 11) is 3.15. The molecular weight excluding hydrogens is 328 g/mol. The van der Waals surface area contributed by atoms with Gasteiger partial charge in [-0.1, -0.05) is 0 Å². The van der Waals surface area contributed by atoms with Gasteiger partial charge in [-0.25, -0.2) is 0 Å². The Morgan fingerprint density at radius 2 is 2.05 bits per heavy atom. The molecule has 2 rings (SSSR count). The van der Waals surface area contributed by atoms with E-state index in [0.29, 0.717) is 16.1 Å². The molecule has 20 heavy (non-hydrogen) atoms. The SMILES string of the molecule is CNC(=O)c1c(NC(=O)c2ccc(Br)o2)c(C)nn1C. The van der Waals surface area contributed by atoms with Crippen LogP contribution in [0.25, 0.3) is 0 Å². The van der Waals surface area contributed by atoms with E-state index in [2.05, 4.69) is 31.7 Å². The van der Waals surface area contributed by atoms with E-state index in [4.69, 9.17) is 4.42 Å². The van der Waals surface area contributed by atoms with E-state index in [1.807, 2.05) is 0 Å². The van der Waals surface area contributed by atoms with Crippen LogP contribution >= 0.6 is 15.9 Å². The van der Waals surface area contributed by atoms with Crippen LogP contribution in [0.4, 0.5) is 5.69 Å². The lowest BCUT2D eigenvalue weighted by atomic mass is 10.2. The van der Waals surface area contributed by atoms with Gasteiger partial charge in [0.05, 0.1) is 11.4 Å². The van der Waals surface area contributed by atoms with Gasteiger partial charge < -0.3 is 15.1 Å². The fourth-order valence-corrected chi connectivity index (χ4v) is 2.10. The predicted molar refractivity (Wildman–Crippen MR) is 75.7 cm³/mol. The lowest BCUT2D eigenvalue weighted by molar-refractivity contribution is 0.0954. The summed E-state index contributed by atoms with van der Waals surface area (Å²) in [6.45, 7) is 1.71. The zero-order chi connectivity index (χ0) is 14.9. The first kappa shape index (κ1) is 14.3.